The second-order valence-electron chi connectivity index (χ2n) is 4.40. The molecule has 0 fully saturated rings. The van der Waals surface area contributed by atoms with Crippen LogP contribution >= 0.6 is 27.3 Å². The maximum Gasteiger partial charge on any atom is 0.248 e. The van der Waals surface area contributed by atoms with E-state index in [4.69, 9.17) is 0 Å². The van der Waals surface area contributed by atoms with Gasteiger partial charge in [0.2, 0.25) is 5.91 Å². The minimum atomic E-state index is -0.277. The van der Waals surface area contributed by atoms with Crippen LogP contribution in [0.2, 0.25) is 0 Å². The number of benzene rings is 1. The Kier molecular flexibility index (Phi) is 5.14. The molecule has 0 saturated heterocycles. The van der Waals surface area contributed by atoms with Gasteiger partial charge in [-0.05, 0) is 37.6 Å². The quantitative estimate of drug-likeness (QED) is 0.852. The number of carbonyl (C=O) groups is 1. The Hall–Kier alpha value is -1.40. The summed E-state index contributed by atoms with van der Waals surface area (Å²) in [6, 6.07) is 7.48. The van der Waals surface area contributed by atoms with E-state index in [2.05, 4.69) is 31.5 Å². The second-order valence-corrected chi connectivity index (χ2v) is 6.17. The van der Waals surface area contributed by atoms with Crippen LogP contribution in [0.1, 0.15) is 19.0 Å². The molecule has 2 rings (SSSR count). The Balaban J connectivity index is 2.00. The monoisotopic (exact) mass is 353 g/mol. The number of hydrogen-bond donors (Lipinski definition) is 2. The van der Waals surface area contributed by atoms with Crippen LogP contribution in [0.25, 0.3) is 0 Å². The molecule has 2 aromatic rings. The van der Waals surface area contributed by atoms with Crippen molar-refractivity contribution in [1.82, 2.24) is 4.98 Å². The van der Waals surface area contributed by atoms with Crippen molar-refractivity contribution < 1.29 is 4.79 Å². The first kappa shape index (κ1) is 15.0. The number of nitrogens with zero attached hydrogens (tertiary/aromatic N) is 1. The minimum absolute atomic E-state index is 0.0650. The molecule has 20 heavy (non-hydrogen) atoms. The molecule has 0 aliphatic heterocycles. The lowest BCUT2D eigenvalue weighted by molar-refractivity contribution is -0.116. The van der Waals surface area contributed by atoms with Crippen LogP contribution in [0.4, 0.5) is 10.8 Å². The molecule has 1 atom stereocenters. The number of anilines is 2. The summed E-state index contributed by atoms with van der Waals surface area (Å²) in [5.74, 6) is -0.0650. The lowest BCUT2D eigenvalue weighted by Crippen LogP contribution is -2.34. The van der Waals surface area contributed by atoms with Crippen LogP contribution in [0.15, 0.2) is 34.1 Å². The molecule has 6 heteroatoms. The summed E-state index contributed by atoms with van der Waals surface area (Å²) in [4.78, 5) is 16.4. The average molecular weight is 354 g/mol. The van der Waals surface area contributed by atoms with Gasteiger partial charge in [0.1, 0.15) is 6.04 Å². The molecule has 0 aliphatic carbocycles. The van der Waals surface area contributed by atoms with Crippen LogP contribution in [-0.4, -0.2) is 16.9 Å². The molecule has 0 spiro atoms. The van der Waals surface area contributed by atoms with E-state index in [1.165, 1.54) is 11.3 Å². The van der Waals surface area contributed by atoms with Crippen molar-refractivity contribution in [3.63, 3.8) is 0 Å². The number of nitrogens with one attached hydrogen (secondary N) is 2. The Labute approximate surface area is 130 Å². The molecule has 0 unspecified atom stereocenters. The van der Waals surface area contributed by atoms with E-state index in [1.807, 2.05) is 43.5 Å². The molecule has 1 amide bonds. The summed E-state index contributed by atoms with van der Waals surface area (Å²) in [7, 11) is 0. The molecule has 4 nitrogen and oxygen atoms in total. The van der Waals surface area contributed by atoms with Crippen LogP contribution in [0, 0.1) is 6.92 Å². The fourth-order valence-corrected chi connectivity index (χ4v) is 2.66. The van der Waals surface area contributed by atoms with E-state index in [-0.39, 0.29) is 11.9 Å². The summed E-state index contributed by atoms with van der Waals surface area (Å²) in [6.45, 7) is 3.88. The third-order valence-electron chi connectivity index (χ3n) is 2.76. The molecule has 1 heterocycles. The van der Waals surface area contributed by atoms with Gasteiger partial charge in [-0.1, -0.05) is 22.9 Å². The fraction of sp³-hybridized carbons (Fsp3) is 0.286. The van der Waals surface area contributed by atoms with E-state index >= 15 is 0 Å². The van der Waals surface area contributed by atoms with Gasteiger partial charge < -0.3 is 10.6 Å². The summed E-state index contributed by atoms with van der Waals surface area (Å²) in [5, 5.41) is 8.63. The maximum atomic E-state index is 12.2. The molecule has 0 radical (unpaired) electrons. The van der Waals surface area contributed by atoms with Gasteiger partial charge in [-0.2, -0.15) is 0 Å². The van der Waals surface area contributed by atoms with E-state index in [0.717, 1.165) is 15.9 Å². The smallest absolute Gasteiger partial charge is 0.248 e. The molecule has 0 aliphatic rings. The third kappa shape index (κ3) is 4.05. The van der Waals surface area contributed by atoms with Gasteiger partial charge in [-0.25, -0.2) is 4.98 Å². The lowest BCUT2D eigenvalue weighted by atomic mass is 10.2. The second kappa shape index (κ2) is 6.85. The van der Waals surface area contributed by atoms with Crippen molar-refractivity contribution in [1.29, 1.82) is 0 Å². The van der Waals surface area contributed by atoms with Crippen LogP contribution in [0.3, 0.4) is 0 Å². The molecule has 1 aromatic heterocycles. The summed E-state index contributed by atoms with van der Waals surface area (Å²) in [5.41, 5.74) is 1.84. The number of amides is 1. The normalized spacial score (nSPS) is 11.9. The van der Waals surface area contributed by atoms with Gasteiger partial charge in [0.05, 0.1) is 5.69 Å². The van der Waals surface area contributed by atoms with Crippen molar-refractivity contribution >= 4 is 44.0 Å². The zero-order valence-corrected chi connectivity index (χ0v) is 13.7. The highest BCUT2D eigenvalue weighted by Crippen LogP contribution is 2.18. The number of carbonyl (C=O) groups excluding carboxylic acids is 1. The van der Waals surface area contributed by atoms with E-state index in [9.17, 15) is 4.79 Å². The van der Waals surface area contributed by atoms with Crippen molar-refractivity contribution in [2.24, 2.45) is 0 Å². The predicted octanol–water partition coefficient (Wildman–Crippen LogP) is 4.04. The molecule has 0 bridgehead atoms. The molecular weight excluding hydrogens is 338 g/mol. The van der Waals surface area contributed by atoms with Gasteiger partial charge in [0.15, 0.2) is 5.13 Å². The highest BCUT2D eigenvalue weighted by molar-refractivity contribution is 9.10. The topological polar surface area (TPSA) is 54.0 Å². The van der Waals surface area contributed by atoms with Gasteiger partial charge in [0, 0.05) is 15.5 Å². The third-order valence-corrected chi connectivity index (χ3v) is 4.16. The Morgan fingerprint density at radius 2 is 2.10 bits per heavy atom. The molecule has 0 saturated carbocycles. The number of aromatic nitrogens is 1. The Morgan fingerprint density at radius 3 is 2.65 bits per heavy atom. The minimum Gasteiger partial charge on any atom is -0.374 e. The summed E-state index contributed by atoms with van der Waals surface area (Å²) < 4.78 is 1.01. The largest absolute Gasteiger partial charge is 0.374 e. The van der Waals surface area contributed by atoms with Gasteiger partial charge >= 0.3 is 0 Å². The highest BCUT2D eigenvalue weighted by atomic mass is 79.9. The first-order valence-electron chi connectivity index (χ1n) is 6.33. The van der Waals surface area contributed by atoms with Gasteiger partial charge in [-0.15, -0.1) is 11.3 Å². The first-order valence-corrected chi connectivity index (χ1v) is 8.01. The first-order chi connectivity index (χ1) is 9.58. The van der Waals surface area contributed by atoms with Crippen molar-refractivity contribution in [2.75, 3.05) is 10.6 Å². The summed E-state index contributed by atoms with van der Waals surface area (Å²) in [6.07, 6.45) is 0.701. The Morgan fingerprint density at radius 1 is 1.40 bits per heavy atom. The average Bonchev–Trinajstić information content (AvgIpc) is 2.83. The van der Waals surface area contributed by atoms with Crippen LogP contribution in [-0.2, 0) is 4.79 Å². The van der Waals surface area contributed by atoms with Crippen molar-refractivity contribution in [3.8, 4) is 0 Å². The van der Waals surface area contributed by atoms with E-state index in [0.29, 0.717) is 11.6 Å². The summed E-state index contributed by atoms with van der Waals surface area (Å²) >= 11 is 4.83. The Bertz CT molecular complexity index is 582. The molecule has 2 N–H and O–H groups in total. The van der Waals surface area contributed by atoms with Crippen LogP contribution in [0.5, 0.6) is 0 Å². The molecule has 106 valence electrons. The van der Waals surface area contributed by atoms with Crippen molar-refractivity contribution in [3.05, 3.63) is 39.8 Å². The standard InChI is InChI=1S/C14H16BrN3OS/c1-3-12(17-11-6-4-10(15)5-7-11)13(19)18-14-16-9(2)8-20-14/h4-8,12,17H,3H2,1-2H3,(H,16,18,19)/t12-/m0/s1. The highest BCUT2D eigenvalue weighted by Gasteiger charge is 2.17. The number of rotatable bonds is 5. The zero-order valence-electron chi connectivity index (χ0n) is 11.3. The van der Waals surface area contributed by atoms with Gasteiger partial charge in [0.25, 0.3) is 0 Å². The zero-order chi connectivity index (χ0) is 14.5. The number of thiazole rings is 1. The number of halogens is 1. The number of aryl methyl sites for hydroxylation is 1. The lowest BCUT2D eigenvalue weighted by Gasteiger charge is -2.17. The van der Waals surface area contributed by atoms with E-state index in [1.54, 1.807) is 0 Å². The molecule has 1 aromatic carbocycles. The van der Waals surface area contributed by atoms with Crippen molar-refractivity contribution in [2.45, 2.75) is 26.3 Å². The predicted molar refractivity (Wildman–Crippen MR) is 87.3 cm³/mol. The van der Waals surface area contributed by atoms with E-state index < -0.39 is 0 Å². The van der Waals surface area contributed by atoms with Gasteiger partial charge in [-0.3, -0.25) is 4.79 Å². The SMILES string of the molecule is CC[C@H](Nc1ccc(Br)cc1)C(=O)Nc1nc(C)cs1. The maximum absolute atomic E-state index is 12.2. The number of hydrogen-bond acceptors (Lipinski definition) is 4. The van der Waals surface area contributed by atoms with Crippen LogP contribution < -0.4 is 10.6 Å². The fourth-order valence-electron chi connectivity index (χ4n) is 1.70. The molecular formula is C14H16BrN3OS.